The highest BCUT2D eigenvalue weighted by atomic mass is 32.2. The van der Waals surface area contributed by atoms with Crippen molar-refractivity contribution in [2.24, 2.45) is 0 Å². The van der Waals surface area contributed by atoms with Gasteiger partial charge in [-0.1, -0.05) is 25.1 Å². The molecule has 2 aromatic rings. The molecule has 1 aromatic carbocycles. The first kappa shape index (κ1) is 16.6. The van der Waals surface area contributed by atoms with E-state index in [4.69, 9.17) is 0 Å². The summed E-state index contributed by atoms with van der Waals surface area (Å²) in [6, 6.07) is 9.27. The predicted octanol–water partition coefficient (Wildman–Crippen LogP) is 3.19. The summed E-state index contributed by atoms with van der Waals surface area (Å²) in [6.07, 6.45) is -0.107. The minimum atomic E-state index is -3.85. The van der Waals surface area contributed by atoms with Crippen LogP contribution in [0.3, 0.4) is 0 Å². The van der Waals surface area contributed by atoms with Gasteiger partial charge in [-0.05, 0) is 36.6 Å². The Bertz CT molecular complexity index is 784. The van der Waals surface area contributed by atoms with E-state index in [1.165, 1.54) is 12.1 Å². The zero-order chi connectivity index (χ0) is 16.3. The number of sulfonamides is 1. The predicted molar refractivity (Wildman–Crippen MR) is 83.8 cm³/mol. The molecule has 0 spiro atoms. The molecule has 0 radical (unpaired) electrons. The Morgan fingerprint density at radius 2 is 1.95 bits per heavy atom. The number of benzene rings is 1. The highest BCUT2D eigenvalue weighted by molar-refractivity contribution is 7.92. The van der Waals surface area contributed by atoms with E-state index in [1.54, 1.807) is 38.1 Å². The number of amides is 1. The maximum Gasteiger partial charge on any atom is 0.273 e. The molecule has 1 aromatic heterocycles. The fourth-order valence-electron chi connectivity index (χ4n) is 2.06. The number of aryl methyl sites for hydroxylation is 1. The lowest BCUT2D eigenvalue weighted by Gasteiger charge is -2.12. The number of carbonyl (C=O) groups excluding carboxylic acids is 1. The van der Waals surface area contributed by atoms with Crippen molar-refractivity contribution in [3.8, 4) is 0 Å². The van der Waals surface area contributed by atoms with E-state index in [2.05, 4.69) is 0 Å². The normalized spacial score (nSPS) is 12.9. The fourth-order valence-corrected chi connectivity index (χ4v) is 4.34. The largest absolute Gasteiger partial charge is 0.274 e. The lowest BCUT2D eigenvalue weighted by atomic mass is 9.97. The quantitative estimate of drug-likeness (QED) is 0.908. The Balaban J connectivity index is 2.06. The summed E-state index contributed by atoms with van der Waals surface area (Å²) >= 11 is 1.09. The number of hydrogen-bond donors (Lipinski definition) is 1. The maximum atomic E-state index is 13.6. The third-order valence-electron chi connectivity index (χ3n) is 3.16. The highest BCUT2D eigenvalue weighted by Crippen LogP contribution is 2.23. The molecule has 1 N–H and O–H groups in total. The number of halogens is 1. The molecule has 1 amide bonds. The Hall–Kier alpha value is -1.73. The number of hydrogen-bond acceptors (Lipinski definition) is 4. The van der Waals surface area contributed by atoms with Crippen molar-refractivity contribution in [3.63, 3.8) is 0 Å². The van der Waals surface area contributed by atoms with E-state index in [0.717, 1.165) is 16.2 Å². The molecule has 4 nitrogen and oxygen atoms in total. The Kier molecular flexibility index (Phi) is 4.97. The van der Waals surface area contributed by atoms with Crippen molar-refractivity contribution in [2.45, 2.75) is 30.4 Å². The first-order chi connectivity index (χ1) is 10.3. The van der Waals surface area contributed by atoms with E-state index in [-0.39, 0.29) is 10.6 Å². The molecule has 2 rings (SSSR count). The third kappa shape index (κ3) is 3.92. The van der Waals surface area contributed by atoms with Gasteiger partial charge >= 0.3 is 0 Å². The van der Waals surface area contributed by atoms with E-state index in [9.17, 15) is 17.6 Å². The van der Waals surface area contributed by atoms with Crippen LogP contribution in [0, 0.1) is 12.7 Å². The van der Waals surface area contributed by atoms with Crippen molar-refractivity contribution in [2.75, 3.05) is 0 Å². The van der Waals surface area contributed by atoms with Gasteiger partial charge in [-0.15, -0.1) is 11.3 Å². The van der Waals surface area contributed by atoms with E-state index in [1.807, 2.05) is 4.72 Å². The summed E-state index contributed by atoms with van der Waals surface area (Å²) in [5.41, 5.74) is 0.391. The molecule has 0 aliphatic carbocycles. The molecule has 0 bridgehead atoms. The molecule has 7 heteroatoms. The van der Waals surface area contributed by atoms with Gasteiger partial charge in [0.05, 0.1) is 0 Å². The summed E-state index contributed by atoms with van der Waals surface area (Å²) in [4.78, 5) is 12.8. The molecular weight excluding hydrogens is 325 g/mol. The highest BCUT2D eigenvalue weighted by Gasteiger charge is 2.21. The summed E-state index contributed by atoms with van der Waals surface area (Å²) < 4.78 is 39.9. The Morgan fingerprint density at radius 1 is 1.27 bits per heavy atom. The lowest BCUT2D eigenvalue weighted by molar-refractivity contribution is -0.119. The molecule has 1 atom stereocenters. The first-order valence-electron chi connectivity index (χ1n) is 6.66. The monoisotopic (exact) mass is 341 g/mol. The molecule has 118 valence electrons. The van der Waals surface area contributed by atoms with Crippen LogP contribution >= 0.6 is 11.3 Å². The number of rotatable bonds is 5. The zero-order valence-corrected chi connectivity index (χ0v) is 13.8. The molecule has 0 aliphatic rings. The van der Waals surface area contributed by atoms with Crippen LogP contribution in [0.5, 0.6) is 0 Å². The molecular formula is C15H16FNO3S2. The van der Waals surface area contributed by atoms with Crippen LogP contribution in [0.2, 0.25) is 0 Å². The SMILES string of the molecule is Cc1ccc(S(=O)(=O)NC(=O)CC(C)c2ccccc2F)s1. The van der Waals surface area contributed by atoms with Crippen LogP contribution in [0.1, 0.15) is 29.7 Å². The van der Waals surface area contributed by atoms with Crippen molar-refractivity contribution < 1.29 is 17.6 Å². The lowest BCUT2D eigenvalue weighted by Crippen LogP contribution is -2.30. The zero-order valence-electron chi connectivity index (χ0n) is 12.2. The summed E-state index contributed by atoms with van der Waals surface area (Å²) in [6.45, 7) is 3.46. The van der Waals surface area contributed by atoms with Gasteiger partial charge in [-0.25, -0.2) is 17.5 Å². The molecule has 0 fully saturated rings. The topological polar surface area (TPSA) is 63.2 Å². The van der Waals surface area contributed by atoms with Gasteiger partial charge in [0.15, 0.2) is 0 Å². The second kappa shape index (κ2) is 6.58. The van der Waals surface area contributed by atoms with Gasteiger partial charge in [0.25, 0.3) is 10.0 Å². The van der Waals surface area contributed by atoms with E-state index in [0.29, 0.717) is 5.56 Å². The van der Waals surface area contributed by atoms with E-state index < -0.39 is 27.7 Å². The van der Waals surface area contributed by atoms with Crippen LogP contribution in [0.25, 0.3) is 0 Å². The van der Waals surface area contributed by atoms with Crippen molar-refractivity contribution in [3.05, 3.63) is 52.7 Å². The number of carbonyl (C=O) groups is 1. The first-order valence-corrected chi connectivity index (χ1v) is 8.96. The summed E-state index contributed by atoms with van der Waals surface area (Å²) in [5, 5.41) is 0. The number of nitrogens with one attached hydrogen (secondary N) is 1. The van der Waals surface area contributed by atoms with Gasteiger partial charge in [0.2, 0.25) is 5.91 Å². The maximum absolute atomic E-state index is 13.6. The fraction of sp³-hybridized carbons (Fsp3) is 0.267. The summed E-state index contributed by atoms with van der Waals surface area (Å²) in [7, 11) is -3.85. The second-order valence-corrected chi connectivity index (χ2v) is 8.22. The molecule has 1 unspecified atom stereocenters. The second-order valence-electron chi connectivity index (χ2n) is 5.02. The average molecular weight is 341 g/mol. The van der Waals surface area contributed by atoms with Crippen molar-refractivity contribution >= 4 is 27.3 Å². The van der Waals surface area contributed by atoms with Gasteiger partial charge in [0, 0.05) is 11.3 Å². The number of thiophene rings is 1. The molecule has 22 heavy (non-hydrogen) atoms. The van der Waals surface area contributed by atoms with Gasteiger partial charge < -0.3 is 0 Å². The molecule has 1 heterocycles. The smallest absolute Gasteiger partial charge is 0.273 e. The Morgan fingerprint density at radius 3 is 2.55 bits per heavy atom. The molecule has 0 aliphatic heterocycles. The molecule has 0 saturated heterocycles. The van der Waals surface area contributed by atoms with Gasteiger partial charge in [-0.2, -0.15) is 0 Å². The third-order valence-corrected chi connectivity index (χ3v) is 6.02. The Labute approximate surface area is 133 Å². The van der Waals surface area contributed by atoms with Gasteiger partial charge in [-0.3, -0.25) is 4.79 Å². The van der Waals surface area contributed by atoms with Crippen LogP contribution in [0.4, 0.5) is 4.39 Å². The van der Waals surface area contributed by atoms with Crippen LogP contribution in [-0.2, 0) is 14.8 Å². The minimum absolute atomic E-state index is 0.0943. The van der Waals surface area contributed by atoms with Crippen molar-refractivity contribution in [1.29, 1.82) is 0 Å². The standard InChI is InChI=1S/C15H16FNO3S2/c1-10(12-5-3-4-6-13(12)16)9-14(18)17-22(19,20)15-8-7-11(2)21-15/h3-8,10H,9H2,1-2H3,(H,17,18). The van der Waals surface area contributed by atoms with Crippen LogP contribution in [0.15, 0.2) is 40.6 Å². The summed E-state index contributed by atoms with van der Waals surface area (Å²) in [5.74, 6) is -1.47. The van der Waals surface area contributed by atoms with E-state index >= 15 is 0 Å². The van der Waals surface area contributed by atoms with Crippen LogP contribution < -0.4 is 4.72 Å². The van der Waals surface area contributed by atoms with Crippen molar-refractivity contribution in [1.82, 2.24) is 4.72 Å². The van der Waals surface area contributed by atoms with Crippen LogP contribution in [-0.4, -0.2) is 14.3 Å². The minimum Gasteiger partial charge on any atom is -0.274 e. The van der Waals surface area contributed by atoms with Gasteiger partial charge in [0.1, 0.15) is 10.0 Å². The molecule has 0 saturated carbocycles. The average Bonchev–Trinajstić information content (AvgIpc) is 2.86.